The molecule has 110 valence electrons. The molecule has 1 aliphatic rings. The first-order valence-electron chi connectivity index (χ1n) is 7.68. The number of carbonyl (C=O) groups excluding carboxylic acids is 1. The Balaban J connectivity index is 1.62. The van der Waals surface area contributed by atoms with Gasteiger partial charge in [0.25, 0.3) is 0 Å². The molecule has 0 aliphatic carbocycles. The summed E-state index contributed by atoms with van der Waals surface area (Å²) >= 11 is 0. The van der Waals surface area contributed by atoms with Gasteiger partial charge < -0.3 is 10.1 Å². The van der Waals surface area contributed by atoms with Crippen molar-refractivity contribution in [2.24, 2.45) is 0 Å². The van der Waals surface area contributed by atoms with Gasteiger partial charge in [-0.3, -0.25) is 4.79 Å². The Hall–Kier alpha value is -1.58. The van der Waals surface area contributed by atoms with Crippen LogP contribution in [0.1, 0.15) is 50.3 Å². The van der Waals surface area contributed by atoms with Crippen LogP contribution in [0.15, 0.2) is 12.1 Å². The molecule has 0 unspecified atom stereocenters. The van der Waals surface area contributed by atoms with Crippen LogP contribution in [0.2, 0.25) is 0 Å². The van der Waals surface area contributed by atoms with Crippen LogP contribution < -0.4 is 5.32 Å². The van der Waals surface area contributed by atoms with Crippen LogP contribution in [0.4, 0.5) is 5.82 Å². The third-order valence-corrected chi connectivity index (χ3v) is 3.55. The van der Waals surface area contributed by atoms with E-state index in [0.717, 1.165) is 56.6 Å². The number of pyridine rings is 1. The second-order valence-corrected chi connectivity index (χ2v) is 5.27. The van der Waals surface area contributed by atoms with Crippen molar-refractivity contribution in [2.75, 3.05) is 18.5 Å². The second-order valence-electron chi connectivity index (χ2n) is 5.27. The van der Waals surface area contributed by atoms with Gasteiger partial charge in [-0.05, 0) is 43.7 Å². The number of nitrogens with zero attached hydrogens (tertiary/aromatic N) is 1. The molecule has 0 radical (unpaired) electrons. The number of hydrogen-bond donors (Lipinski definition) is 1. The van der Waals surface area contributed by atoms with E-state index in [0.29, 0.717) is 13.0 Å². The van der Waals surface area contributed by atoms with Gasteiger partial charge in [-0.15, -0.1) is 0 Å². The zero-order chi connectivity index (χ0) is 14.2. The summed E-state index contributed by atoms with van der Waals surface area (Å²) in [7, 11) is 0. The van der Waals surface area contributed by atoms with Gasteiger partial charge in [0.05, 0.1) is 6.61 Å². The number of fused-ring (bicyclic) bond motifs is 1. The molecule has 0 spiro atoms. The van der Waals surface area contributed by atoms with E-state index >= 15 is 0 Å². The van der Waals surface area contributed by atoms with Crippen molar-refractivity contribution in [2.45, 2.75) is 51.9 Å². The minimum atomic E-state index is -0.0676. The Kier molecular flexibility index (Phi) is 5.84. The monoisotopic (exact) mass is 276 g/mol. The first-order chi connectivity index (χ1) is 9.79. The molecule has 2 rings (SSSR count). The molecular weight excluding hydrogens is 252 g/mol. The highest BCUT2D eigenvalue weighted by molar-refractivity contribution is 5.69. The zero-order valence-electron chi connectivity index (χ0n) is 12.3. The standard InChI is InChI=1S/C16H24N2O2/c1-2-3-12-20-15(19)7-5-4-6-14-9-8-13-10-11-17-16(13)18-14/h8-9H,2-7,10-12H2,1H3,(H,17,18). The number of hydrogen-bond acceptors (Lipinski definition) is 4. The van der Waals surface area contributed by atoms with Crippen molar-refractivity contribution >= 4 is 11.8 Å². The van der Waals surface area contributed by atoms with Crippen molar-refractivity contribution < 1.29 is 9.53 Å². The van der Waals surface area contributed by atoms with Crippen molar-refractivity contribution in [3.63, 3.8) is 0 Å². The minimum absolute atomic E-state index is 0.0676. The van der Waals surface area contributed by atoms with E-state index < -0.39 is 0 Å². The largest absolute Gasteiger partial charge is 0.466 e. The molecule has 1 aliphatic heterocycles. The highest BCUT2D eigenvalue weighted by Gasteiger charge is 2.11. The second kappa shape index (κ2) is 7.88. The number of nitrogens with one attached hydrogen (secondary N) is 1. The fraction of sp³-hybridized carbons (Fsp3) is 0.625. The van der Waals surface area contributed by atoms with Crippen LogP contribution in [-0.4, -0.2) is 24.1 Å². The van der Waals surface area contributed by atoms with Gasteiger partial charge in [-0.2, -0.15) is 0 Å². The summed E-state index contributed by atoms with van der Waals surface area (Å²) in [6.45, 7) is 3.65. The van der Waals surface area contributed by atoms with Crippen LogP contribution in [0.5, 0.6) is 0 Å². The average Bonchev–Trinajstić information content (AvgIpc) is 2.91. The van der Waals surface area contributed by atoms with Gasteiger partial charge in [0.15, 0.2) is 0 Å². The fourth-order valence-corrected chi connectivity index (χ4v) is 2.32. The molecule has 4 heteroatoms. The van der Waals surface area contributed by atoms with Gasteiger partial charge >= 0.3 is 5.97 Å². The van der Waals surface area contributed by atoms with Gasteiger partial charge in [-0.25, -0.2) is 4.98 Å². The van der Waals surface area contributed by atoms with Gasteiger partial charge in [-0.1, -0.05) is 19.4 Å². The minimum Gasteiger partial charge on any atom is -0.466 e. The maximum Gasteiger partial charge on any atom is 0.305 e. The molecule has 0 amide bonds. The lowest BCUT2D eigenvalue weighted by atomic mass is 10.1. The van der Waals surface area contributed by atoms with Crippen LogP contribution in [0.3, 0.4) is 0 Å². The first-order valence-corrected chi connectivity index (χ1v) is 7.68. The lowest BCUT2D eigenvalue weighted by Crippen LogP contribution is -2.05. The number of ether oxygens (including phenoxy) is 1. The normalized spacial score (nSPS) is 12.8. The molecule has 0 saturated carbocycles. The highest BCUT2D eigenvalue weighted by atomic mass is 16.5. The van der Waals surface area contributed by atoms with E-state index in [9.17, 15) is 4.79 Å². The lowest BCUT2D eigenvalue weighted by molar-refractivity contribution is -0.143. The molecule has 20 heavy (non-hydrogen) atoms. The predicted octanol–water partition coefficient (Wildman–Crippen LogP) is 3.11. The van der Waals surface area contributed by atoms with E-state index in [2.05, 4.69) is 29.4 Å². The summed E-state index contributed by atoms with van der Waals surface area (Å²) in [6.07, 6.45) is 6.39. The molecule has 1 aromatic heterocycles. The van der Waals surface area contributed by atoms with E-state index in [4.69, 9.17) is 4.74 Å². The Bertz CT molecular complexity index is 446. The summed E-state index contributed by atoms with van der Waals surface area (Å²) in [5, 5.41) is 3.29. The summed E-state index contributed by atoms with van der Waals surface area (Å²) in [5.41, 5.74) is 2.42. The molecule has 1 N–H and O–H groups in total. The van der Waals surface area contributed by atoms with E-state index in [-0.39, 0.29) is 5.97 Å². The predicted molar refractivity (Wildman–Crippen MR) is 79.9 cm³/mol. The molecule has 0 saturated heterocycles. The Labute approximate surface area is 120 Å². The third-order valence-electron chi connectivity index (χ3n) is 3.55. The summed E-state index contributed by atoms with van der Waals surface area (Å²) < 4.78 is 5.13. The number of aromatic nitrogens is 1. The maximum atomic E-state index is 11.4. The van der Waals surface area contributed by atoms with Gasteiger partial charge in [0, 0.05) is 18.7 Å². The van der Waals surface area contributed by atoms with Crippen molar-refractivity contribution in [1.29, 1.82) is 0 Å². The van der Waals surface area contributed by atoms with Gasteiger partial charge in [0.1, 0.15) is 5.82 Å². The molecule has 0 fully saturated rings. The Morgan fingerprint density at radius 2 is 2.25 bits per heavy atom. The number of carbonyl (C=O) groups is 1. The first kappa shape index (κ1) is 14.8. The van der Waals surface area contributed by atoms with Crippen molar-refractivity contribution in [1.82, 2.24) is 4.98 Å². The van der Waals surface area contributed by atoms with Crippen molar-refractivity contribution in [3.05, 3.63) is 23.4 Å². The smallest absolute Gasteiger partial charge is 0.305 e. The van der Waals surface area contributed by atoms with E-state index in [1.54, 1.807) is 0 Å². The number of unbranched alkanes of at least 4 members (excludes halogenated alkanes) is 2. The number of esters is 1. The van der Waals surface area contributed by atoms with Crippen LogP contribution in [0, 0.1) is 0 Å². The molecular formula is C16H24N2O2. The number of anilines is 1. The zero-order valence-corrected chi connectivity index (χ0v) is 12.3. The third kappa shape index (κ3) is 4.51. The molecule has 0 bridgehead atoms. The van der Waals surface area contributed by atoms with Gasteiger partial charge in [0.2, 0.25) is 0 Å². The molecule has 1 aromatic rings. The Morgan fingerprint density at radius 3 is 3.10 bits per heavy atom. The lowest BCUT2D eigenvalue weighted by Gasteiger charge is -2.05. The number of aryl methyl sites for hydroxylation is 1. The van der Waals surface area contributed by atoms with Crippen LogP contribution in [-0.2, 0) is 22.4 Å². The quantitative estimate of drug-likeness (QED) is 0.585. The SMILES string of the molecule is CCCCOC(=O)CCCCc1ccc2c(n1)NCC2. The summed E-state index contributed by atoms with van der Waals surface area (Å²) in [4.78, 5) is 16.0. The number of rotatable bonds is 8. The Morgan fingerprint density at radius 1 is 1.35 bits per heavy atom. The van der Waals surface area contributed by atoms with Crippen LogP contribution >= 0.6 is 0 Å². The summed E-state index contributed by atoms with van der Waals surface area (Å²) in [6, 6.07) is 4.27. The summed E-state index contributed by atoms with van der Waals surface area (Å²) in [5.74, 6) is 0.975. The molecule has 0 aromatic carbocycles. The topological polar surface area (TPSA) is 51.2 Å². The van der Waals surface area contributed by atoms with E-state index in [1.807, 2.05) is 0 Å². The molecule has 0 atom stereocenters. The molecule has 2 heterocycles. The maximum absolute atomic E-state index is 11.4. The fourth-order valence-electron chi connectivity index (χ4n) is 2.32. The molecule has 4 nitrogen and oxygen atoms in total. The highest BCUT2D eigenvalue weighted by Crippen LogP contribution is 2.20. The van der Waals surface area contributed by atoms with Crippen LogP contribution in [0.25, 0.3) is 0 Å². The van der Waals surface area contributed by atoms with E-state index in [1.165, 1.54) is 5.56 Å². The average molecular weight is 276 g/mol. The van der Waals surface area contributed by atoms with Crippen molar-refractivity contribution in [3.8, 4) is 0 Å².